The van der Waals surface area contributed by atoms with Crippen molar-refractivity contribution in [2.75, 3.05) is 11.1 Å². The van der Waals surface area contributed by atoms with Crippen molar-refractivity contribution >= 4 is 28.5 Å². The predicted octanol–water partition coefficient (Wildman–Crippen LogP) is 4.35. The molecule has 142 valence electrons. The molecule has 5 nitrogen and oxygen atoms in total. The highest BCUT2D eigenvalue weighted by Crippen LogP contribution is 2.27. The highest BCUT2D eigenvalue weighted by Gasteiger charge is 2.12. The molecule has 28 heavy (non-hydrogen) atoms. The summed E-state index contributed by atoms with van der Waals surface area (Å²) in [5.74, 6) is 0.536. The van der Waals surface area contributed by atoms with Gasteiger partial charge in [-0.1, -0.05) is 36.9 Å². The van der Waals surface area contributed by atoms with Gasteiger partial charge >= 0.3 is 0 Å². The van der Waals surface area contributed by atoms with Crippen LogP contribution in [-0.4, -0.2) is 21.8 Å². The lowest BCUT2D eigenvalue weighted by molar-refractivity contribution is 0.102. The second-order valence-electron chi connectivity index (χ2n) is 6.06. The fourth-order valence-corrected chi connectivity index (χ4v) is 3.37. The summed E-state index contributed by atoms with van der Waals surface area (Å²) in [6.45, 7) is 2.31. The third-order valence-corrected chi connectivity index (χ3v) is 5.02. The number of amides is 1. The number of nitrogens with two attached hydrogens (primary N) is 1. The molecule has 1 amide bonds. The maximum Gasteiger partial charge on any atom is 0.255 e. The minimum Gasteiger partial charge on any atom is -0.326 e. The van der Waals surface area contributed by atoms with E-state index in [4.69, 9.17) is 5.73 Å². The number of carbonyl (C=O) groups is 2. The molecule has 0 saturated heterocycles. The van der Waals surface area contributed by atoms with Crippen molar-refractivity contribution in [2.24, 2.45) is 5.73 Å². The first-order valence-electron chi connectivity index (χ1n) is 8.94. The first kappa shape index (κ1) is 19.8. The van der Waals surface area contributed by atoms with Crippen LogP contribution in [-0.2, 0) is 6.54 Å². The number of nitrogens with zero attached hydrogens (tertiary/aromatic N) is 1. The summed E-state index contributed by atoms with van der Waals surface area (Å²) in [5.41, 5.74) is 10.5. The largest absolute Gasteiger partial charge is 0.326 e. The molecule has 3 aromatic rings. The van der Waals surface area contributed by atoms with Crippen LogP contribution in [0, 0.1) is 0 Å². The molecule has 3 rings (SSSR count). The molecule has 2 aromatic carbocycles. The fraction of sp³-hybridized carbons (Fsp3) is 0.136. The number of hydrogen-bond acceptors (Lipinski definition) is 5. The number of nitrogens with one attached hydrogen (secondary N) is 1. The summed E-state index contributed by atoms with van der Waals surface area (Å²) in [5, 5.41) is 2.91. The van der Waals surface area contributed by atoms with Crippen LogP contribution in [0.25, 0.3) is 11.1 Å². The molecule has 0 aliphatic rings. The normalized spacial score (nSPS) is 10.5. The Bertz CT molecular complexity index is 973. The van der Waals surface area contributed by atoms with Crippen LogP contribution >= 0.6 is 11.8 Å². The zero-order chi connectivity index (χ0) is 19.9. The second-order valence-corrected chi connectivity index (χ2v) is 7.30. The molecule has 6 heteroatoms. The first-order valence-corrected chi connectivity index (χ1v) is 9.93. The molecule has 0 bridgehead atoms. The zero-order valence-corrected chi connectivity index (χ0v) is 16.3. The third kappa shape index (κ3) is 4.65. The van der Waals surface area contributed by atoms with Crippen LogP contribution in [0.2, 0.25) is 0 Å². The number of aromatic nitrogens is 1. The standard InChI is InChI=1S/C22H21N3O2S/c1-2-28-22(27)16-5-3-15(4-6-16)20-13-17(7-8-18(20)14-23)21(26)25-19-9-11-24-12-10-19/h3-13H,2,14,23H2,1H3,(H,24,25,26). The van der Waals surface area contributed by atoms with Gasteiger partial charge in [0.15, 0.2) is 0 Å². The molecular formula is C22H21N3O2S. The Balaban J connectivity index is 1.89. The van der Waals surface area contributed by atoms with Crippen LogP contribution in [0.1, 0.15) is 33.2 Å². The number of hydrogen-bond donors (Lipinski definition) is 2. The van der Waals surface area contributed by atoms with Crippen molar-refractivity contribution in [1.29, 1.82) is 0 Å². The minimum atomic E-state index is -0.206. The Morgan fingerprint density at radius 1 is 1.00 bits per heavy atom. The molecule has 1 heterocycles. The topological polar surface area (TPSA) is 85.1 Å². The van der Waals surface area contributed by atoms with E-state index in [2.05, 4.69) is 10.3 Å². The van der Waals surface area contributed by atoms with E-state index in [1.807, 2.05) is 43.3 Å². The average molecular weight is 391 g/mol. The first-order chi connectivity index (χ1) is 13.6. The monoisotopic (exact) mass is 391 g/mol. The average Bonchev–Trinajstić information content (AvgIpc) is 2.74. The lowest BCUT2D eigenvalue weighted by Gasteiger charge is -2.12. The van der Waals surface area contributed by atoms with Gasteiger partial charge in [0.25, 0.3) is 5.91 Å². The number of rotatable bonds is 6. The quantitative estimate of drug-likeness (QED) is 0.652. The smallest absolute Gasteiger partial charge is 0.255 e. The highest BCUT2D eigenvalue weighted by atomic mass is 32.2. The van der Waals surface area contributed by atoms with E-state index in [1.165, 1.54) is 11.8 Å². The zero-order valence-electron chi connectivity index (χ0n) is 15.5. The van der Waals surface area contributed by atoms with E-state index in [0.29, 0.717) is 23.4 Å². The molecule has 1 aromatic heterocycles. The maximum atomic E-state index is 12.6. The Kier molecular flexibility index (Phi) is 6.57. The lowest BCUT2D eigenvalue weighted by atomic mass is 9.96. The SMILES string of the molecule is CCSC(=O)c1ccc(-c2cc(C(=O)Nc3ccncc3)ccc2CN)cc1. The van der Waals surface area contributed by atoms with Gasteiger partial charge in [0.2, 0.25) is 5.12 Å². The minimum absolute atomic E-state index is 0.0542. The van der Waals surface area contributed by atoms with Gasteiger partial charge in [-0.25, -0.2) is 0 Å². The van der Waals surface area contributed by atoms with Crippen LogP contribution in [0.4, 0.5) is 5.69 Å². The van der Waals surface area contributed by atoms with Crippen molar-refractivity contribution in [3.05, 3.63) is 83.7 Å². The molecule has 0 fully saturated rings. The summed E-state index contributed by atoms with van der Waals surface area (Å²) in [6, 6.07) is 16.3. The maximum absolute atomic E-state index is 12.6. The Labute approximate surface area is 168 Å². The summed E-state index contributed by atoms with van der Waals surface area (Å²) in [4.78, 5) is 28.6. The molecule has 0 aliphatic heterocycles. The Morgan fingerprint density at radius 3 is 2.32 bits per heavy atom. The molecule has 0 saturated carbocycles. The van der Waals surface area contributed by atoms with Crippen LogP contribution in [0.15, 0.2) is 67.0 Å². The van der Waals surface area contributed by atoms with E-state index < -0.39 is 0 Å². The lowest BCUT2D eigenvalue weighted by Crippen LogP contribution is -2.12. The Morgan fingerprint density at radius 2 is 1.68 bits per heavy atom. The molecule has 0 aliphatic carbocycles. The molecule has 3 N–H and O–H groups in total. The van der Waals surface area contributed by atoms with Gasteiger partial charge in [-0.05, 0) is 58.8 Å². The summed E-state index contributed by atoms with van der Waals surface area (Å²) < 4.78 is 0. The number of benzene rings is 2. The van der Waals surface area contributed by atoms with Gasteiger partial charge < -0.3 is 11.1 Å². The number of anilines is 1. The van der Waals surface area contributed by atoms with Gasteiger partial charge in [0.1, 0.15) is 0 Å². The van der Waals surface area contributed by atoms with Crippen LogP contribution in [0.5, 0.6) is 0 Å². The van der Waals surface area contributed by atoms with Gasteiger partial charge in [0.05, 0.1) is 0 Å². The highest BCUT2D eigenvalue weighted by molar-refractivity contribution is 8.14. The number of thioether (sulfide) groups is 1. The molecule has 0 radical (unpaired) electrons. The molecular weight excluding hydrogens is 370 g/mol. The Hall–Kier alpha value is -2.96. The van der Waals surface area contributed by atoms with Gasteiger partial charge in [0, 0.05) is 35.8 Å². The van der Waals surface area contributed by atoms with Gasteiger partial charge in [-0.2, -0.15) is 0 Å². The third-order valence-electron chi connectivity index (χ3n) is 4.24. The van der Waals surface area contributed by atoms with Crippen molar-refractivity contribution in [1.82, 2.24) is 4.98 Å². The molecule has 0 spiro atoms. The van der Waals surface area contributed by atoms with E-state index in [-0.39, 0.29) is 11.0 Å². The van der Waals surface area contributed by atoms with Gasteiger partial charge in [-0.3, -0.25) is 14.6 Å². The summed E-state index contributed by atoms with van der Waals surface area (Å²) >= 11 is 1.28. The summed E-state index contributed by atoms with van der Waals surface area (Å²) in [6.07, 6.45) is 3.25. The molecule has 0 unspecified atom stereocenters. The van der Waals surface area contributed by atoms with E-state index >= 15 is 0 Å². The van der Waals surface area contributed by atoms with E-state index in [9.17, 15) is 9.59 Å². The predicted molar refractivity (Wildman–Crippen MR) is 114 cm³/mol. The fourth-order valence-electron chi connectivity index (χ4n) is 2.80. The summed E-state index contributed by atoms with van der Waals surface area (Å²) in [7, 11) is 0. The van der Waals surface area contributed by atoms with E-state index in [1.54, 1.807) is 30.6 Å². The van der Waals surface area contributed by atoms with E-state index in [0.717, 1.165) is 22.4 Å². The van der Waals surface area contributed by atoms with Crippen LogP contribution in [0.3, 0.4) is 0 Å². The van der Waals surface area contributed by atoms with Crippen molar-refractivity contribution < 1.29 is 9.59 Å². The van der Waals surface area contributed by atoms with Gasteiger partial charge in [-0.15, -0.1) is 0 Å². The second kappa shape index (κ2) is 9.30. The van der Waals surface area contributed by atoms with Crippen LogP contribution < -0.4 is 11.1 Å². The van der Waals surface area contributed by atoms with Crippen molar-refractivity contribution in [3.63, 3.8) is 0 Å². The number of carbonyl (C=O) groups excluding carboxylic acids is 2. The number of pyridine rings is 1. The molecule has 0 atom stereocenters. The van der Waals surface area contributed by atoms with Crippen molar-refractivity contribution in [3.8, 4) is 11.1 Å². The van der Waals surface area contributed by atoms with Crippen molar-refractivity contribution in [2.45, 2.75) is 13.5 Å².